The SMILES string of the molecule is CN(C)CC1=Cc2c(C(=O)O)cccc2S1(=O)=O. The minimum absolute atomic E-state index is 0.0184. The Balaban J connectivity index is 2.63. The Hall–Kier alpha value is -1.66. The fraction of sp³-hybridized carbons (Fsp3) is 0.250. The summed E-state index contributed by atoms with van der Waals surface area (Å²) in [6, 6.07) is 4.30. The number of carboxylic acid groups (broad SMARTS) is 1. The van der Waals surface area contributed by atoms with Crippen LogP contribution in [-0.2, 0) is 9.84 Å². The molecule has 0 saturated carbocycles. The molecule has 1 aromatic carbocycles. The minimum atomic E-state index is -3.54. The monoisotopic (exact) mass is 267 g/mol. The second-order valence-corrected chi connectivity index (χ2v) is 6.35. The zero-order valence-electron chi connectivity index (χ0n) is 10.0. The number of rotatable bonds is 3. The number of hydrogen-bond acceptors (Lipinski definition) is 4. The van der Waals surface area contributed by atoms with Gasteiger partial charge in [-0.25, -0.2) is 13.2 Å². The highest BCUT2D eigenvalue weighted by atomic mass is 32.2. The Morgan fingerprint density at radius 1 is 1.33 bits per heavy atom. The van der Waals surface area contributed by atoms with E-state index in [1.54, 1.807) is 19.0 Å². The number of fused-ring (bicyclic) bond motifs is 1. The number of carbonyl (C=O) groups is 1. The molecule has 0 unspecified atom stereocenters. The van der Waals surface area contributed by atoms with Crippen molar-refractivity contribution >= 4 is 21.9 Å². The maximum atomic E-state index is 12.2. The molecule has 18 heavy (non-hydrogen) atoms. The number of sulfone groups is 1. The maximum Gasteiger partial charge on any atom is 0.336 e. The Kier molecular flexibility index (Phi) is 3.00. The van der Waals surface area contributed by atoms with E-state index in [1.165, 1.54) is 24.3 Å². The van der Waals surface area contributed by atoms with Gasteiger partial charge >= 0.3 is 5.97 Å². The molecule has 2 rings (SSSR count). The predicted molar refractivity (Wildman–Crippen MR) is 67.1 cm³/mol. The average molecular weight is 267 g/mol. The summed E-state index contributed by atoms with van der Waals surface area (Å²) in [5.74, 6) is -1.12. The van der Waals surface area contributed by atoms with Gasteiger partial charge in [0, 0.05) is 12.1 Å². The Bertz CT molecular complexity index is 644. The molecule has 1 aliphatic heterocycles. The molecule has 1 N–H and O–H groups in total. The van der Waals surface area contributed by atoms with Gasteiger partial charge in [-0.2, -0.15) is 0 Å². The molecule has 96 valence electrons. The molecule has 0 fully saturated rings. The number of aromatic carboxylic acids is 1. The van der Waals surface area contributed by atoms with Crippen molar-refractivity contribution in [2.45, 2.75) is 4.90 Å². The van der Waals surface area contributed by atoms with Crippen LogP contribution in [0.5, 0.6) is 0 Å². The van der Waals surface area contributed by atoms with E-state index in [4.69, 9.17) is 5.11 Å². The molecule has 6 heteroatoms. The van der Waals surface area contributed by atoms with Gasteiger partial charge in [-0.1, -0.05) is 6.07 Å². The van der Waals surface area contributed by atoms with Crippen molar-refractivity contribution in [3.05, 3.63) is 34.2 Å². The molecular formula is C12H13NO4S. The van der Waals surface area contributed by atoms with Crippen LogP contribution in [0.25, 0.3) is 6.08 Å². The van der Waals surface area contributed by atoms with E-state index >= 15 is 0 Å². The zero-order valence-corrected chi connectivity index (χ0v) is 10.9. The van der Waals surface area contributed by atoms with Crippen LogP contribution < -0.4 is 0 Å². The van der Waals surface area contributed by atoms with Crippen LogP contribution in [0.3, 0.4) is 0 Å². The quantitative estimate of drug-likeness (QED) is 0.886. The minimum Gasteiger partial charge on any atom is -0.478 e. The van der Waals surface area contributed by atoms with Gasteiger partial charge < -0.3 is 10.0 Å². The first kappa shape index (κ1) is 12.8. The van der Waals surface area contributed by atoms with Gasteiger partial charge in [0.25, 0.3) is 0 Å². The summed E-state index contributed by atoms with van der Waals surface area (Å²) in [6.07, 6.45) is 1.45. The summed E-state index contributed by atoms with van der Waals surface area (Å²) in [4.78, 5) is 13.1. The lowest BCUT2D eigenvalue weighted by Crippen LogP contribution is -2.18. The third-order valence-corrected chi connectivity index (χ3v) is 4.58. The van der Waals surface area contributed by atoms with Gasteiger partial charge in [0.1, 0.15) is 0 Å². The Morgan fingerprint density at radius 2 is 2.00 bits per heavy atom. The van der Waals surface area contributed by atoms with Crippen molar-refractivity contribution in [3.8, 4) is 0 Å². The van der Waals surface area contributed by atoms with Crippen LogP contribution in [0.1, 0.15) is 15.9 Å². The first-order valence-corrected chi connectivity index (χ1v) is 6.79. The van der Waals surface area contributed by atoms with Crippen molar-refractivity contribution in [1.82, 2.24) is 4.90 Å². The number of likely N-dealkylation sites (N-methyl/N-ethyl adjacent to an activating group) is 1. The molecule has 0 saturated heterocycles. The van der Waals surface area contributed by atoms with E-state index in [0.717, 1.165) is 0 Å². The van der Waals surface area contributed by atoms with Crippen LogP contribution in [0.2, 0.25) is 0 Å². The van der Waals surface area contributed by atoms with Gasteiger partial charge in [0.2, 0.25) is 9.84 Å². The molecule has 1 aromatic rings. The number of hydrogen-bond donors (Lipinski definition) is 1. The molecule has 0 atom stereocenters. The van der Waals surface area contributed by atoms with E-state index in [-0.39, 0.29) is 27.5 Å². The Labute approximate surface area is 105 Å². The van der Waals surface area contributed by atoms with Crippen molar-refractivity contribution in [3.63, 3.8) is 0 Å². The molecule has 0 bridgehead atoms. The predicted octanol–water partition coefficient (Wildman–Crippen LogP) is 1.07. The number of nitrogens with zero attached hydrogens (tertiary/aromatic N) is 1. The second kappa shape index (κ2) is 4.22. The van der Waals surface area contributed by atoms with Crippen LogP contribution in [-0.4, -0.2) is 45.0 Å². The fourth-order valence-corrected chi connectivity index (χ4v) is 3.64. The maximum absolute atomic E-state index is 12.2. The first-order valence-electron chi connectivity index (χ1n) is 5.30. The zero-order chi connectivity index (χ0) is 13.5. The smallest absolute Gasteiger partial charge is 0.336 e. The lowest BCUT2D eigenvalue weighted by Gasteiger charge is -2.10. The summed E-state index contributed by atoms with van der Waals surface area (Å²) in [5.41, 5.74) is 0.298. The largest absolute Gasteiger partial charge is 0.478 e. The molecule has 1 aliphatic rings. The standard InChI is InChI=1S/C12H13NO4S/c1-13(2)7-8-6-10-9(12(14)15)4-3-5-11(10)18(8,16)17/h3-6H,7H2,1-2H3,(H,14,15). The highest BCUT2D eigenvalue weighted by Crippen LogP contribution is 2.34. The summed E-state index contributed by atoms with van der Waals surface area (Å²) in [6.45, 7) is 0.260. The topological polar surface area (TPSA) is 74.7 Å². The Morgan fingerprint density at radius 3 is 2.56 bits per heavy atom. The van der Waals surface area contributed by atoms with Crippen LogP contribution in [0.15, 0.2) is 28.0 Å². The molecule has 0 aliphatic carbocycles. The lowest BCUT2D eigenvalue weighted by molar-refractivity contribution is 0.0696. The summed E-state index contributed by atoms with van der Waals surface area (Å²) in [7, 11) is -0.0186. The van der Waals surface area contributed by atoms with E-state index in [9.17, 15) is 13.2 Å². The van der Waals surface area contributed by atoms with E-state index in [0.29, 0.717) is 0 Å². The van der Waals surface area contributed by atoms with Gasteiger partial charge in [0.15, 0.2) is 0 Å². The van der Waals surface area contributed by atoms with Crippen molar-refractivity contribution in [1.29, 1.82) is 0 Å². The molecule has 1 heterocycles. The van der Waals surface area contributed by atoms with Gasteiger partial charge in [-0.05, 0) is 32.3 Å². The van der Waals surface area contributed by atoms with Gasteiger partial charge in [-0.3, -0.25) is 0 Å². The normalized spacial score (nSPS) is 16.5. The summed E-state index contributed by atoms with van der Waals surface area (Å²) < 4.78 is 24.4. The second-order valence-electron chi connectivity index (χ2n) is 4.37. The number of benzene rings is 1. The highest BCUT2D eigenvalue weighted by Gasteiger charge is 2.32. The van der Waals surface area contributed by atoms with Gasteiger partial charge in [-0.15, -0.1) is 0 Å². The van der Waals surface area contributed by atoms with Crippen LogP contribution in [0, 0.1) is 0 Å². The van der Waals surface area contributed by atoms with E-state index < -0.39 is 15.8 Å². The van der Waals surface area contributed by atoms with Crippen LogP contribution in [0.4, 0.5) is 0 Å². The van der Waals surface area contributed by atoms with E-state index in [2.05, 4.69) is 0 Å². The summed E-state index contributed by atoms with van der Waals surface area (Å²) in [5, 5.41) is 9.05. The first-order chi connectivity index (χ1) is 8.34. The third kappa shape index (κ3) is 1.93. The summed E-state index contributed by atoms with van der Waals surface area (Å²) >= 11 is 0. The molecule has 0 aromatic heterocycles. The average Bonchev–Trinajstić information content (AvgIpc) is 2.50. The van der Waals surface area contributed by atoms with Crippen LogP contribution >= 0.6 is 0 Å². The van der Waals surface area contributed by atoms with Crippen molar-refractivity contribution < 1.29 is 18.3 Å². The molecule has 0 amide bonds. The molecule has 0 radical (unpaired) electrons. The highest BCUT2D eigenvalue weighted by molar-refractivity contribution is 7.95. The molecule has 0 spiro atoms. The molecule has 5 nitrogen and oxygen atoms in total. The number of carboxylic acids is 1. The van der Waals surface area contributed by atoms with Crippen molar-refractivity contribution in [2.24, 2.45) is 0 Å². The van der Waals surface area contributed by atoms with Crippen molar-refractivity contribution in [2.75, 3.05) is 20.6 Å². The van der Waals surface area contributed by atoms with E-state index in [1.807, 2.05) is 0 Å². The molecular weight excluding hydrogens is 254 g/mol. The van der Waals surface area contributed by atoms with Gasteiger partial charge in [0.05, 0.1) is 15.4 Å². The lowest BCUT2D eigenvalue weighted by atomic mass is 10.1. The fourth-order valence-electron chi connectivity index (χ4n) is 1.94. The third-order valence-electron chi connectivity index (χ3n) is 2.71.